The van der Waals surface area contributed by atoms with Crippen LogP contribution in [0.25, 0.3) is 11.1 Å². The van der Waals surface area contributed by atoms with E-state index in [0.717, 1.165) is 12.3 Å². The molecule has 0 radical (unpaired) electrons. The van der Waals surface area contributed by atoms with Gasteiger partial charge in [0, 0.05) is 23.6 Å². The maximum atomic E-state index is 11.0. The van der Waals surface area contributed by atoms with Crippen LogP contribution in [0.1, 0.15) is 24.2 Å². The van der Waals surface area contributed by atoms with Crippen molar-refractivity contribution in [2.75, 3.05) is 17.2 Å². The van der Waals surface area contributed by atoms with Gasteiger partial charge in [-0.15, -0.1) is 0 Å². The monoisotopic (exact) mass is 292 g/mol. The van der Waals surface area contributed by atoms with Gasteiger partial charge < -0.3 is 14.4 Å². The average Bonchev–Trinajstić information content (AvgIpc) is 2.84. The average molecular weight is 292 g/mol. The van der Waals surface area contributed by atoms with E-state index in [1.165, 1.54) is 6.07 Å². The van der Waals surface area contributed by atoms with Crippen molar-refractivity contribution >= 4 is 34.8 Å². The molecule has 1 aromatic heterocycles. The van der Waals surface area contributed by atoms with E-state index >= 15 is 0 Å². The first-order valence-corrected chi connectivity index (χ1v) is 7.63. The Morgan fingerprint density at radius 3 is 3.05 bits per heavy atom. The lowest BCUT2D eigenvalue weighted by atomic mass is 10.2. The Labute approximate surface area is 121 Å². The number of oxazole rings is 1. The summed E-state index contributed by atoms with van der Waals surface area (Å²) in [6, 6.07) is 5.71. The molecule has 3 rings (SSSR count). The molecule has 2 unspecified atom stereocenters. The molecule has 1 saturated heterocycles. The van der Waals surface area contributed by atoms with Gasteiger partial charge in [0.1, 0.15) is 5.52 Å². The van der Waals surface area contributed by atoms with Crippen LogP contribution < -0.4 is 4.90 Å². The summed E-state index contributed by atoms with van der Waals surface area (Å²) in [6.07, 6.45) is 0. The summed E-state index contributed by atoms with van der Waals surface area (Å²) in [5.41, 5.74) is 1.44. The molecule has 2 heterocycles. The topological polar surface area (TPSA) is 66.6 Å². The smallest absolute Gasteiger partial charge is 0.335 e. The molecule has 0 bridgehead atoms. The molecule has 0 aliphatic carbocycles. The van der Waals surface area contributed by atoms with Gasteiger partial charge in [-0.1, -0.05) is 6.92 Å². The fourth-order valence-corrected chi connectivity index (χ4v) is 3.47. The molecule has 20 heavy (non-hydrogen) atoms. The van der Waals surface area contributed by atoms with Gasteiger partial charge in [0.05, 0.1) is 5.56 Å². The second-order valence-corrected chi connectivity index (χ2v) is 6.48. The molecule has 0 spiro atoms. The molecule has 0 saturated carbocycles. The number of benzene rings is 1. The van der Waals surface area contributed by atoms with E-state index in [2.05, 4.69) is 23.7 Å². The molecule has 106 valence electrons. The van der Waals surface area contributed by atoms with Crippen LogP contribution in [0, 0.1) is 0 Å². The number of hydrogen-bond donors (Lipinski definition) is 1. The zero-order valence-corrected chi connectivity index (χ0v) is 12.2. The van der Waals surface area contributed by atoms with Gasteiger partial charge in [-0.05, 0) is 25.1 Å². The zero-order chi connectivity index (χ0) is 14.3. The molecule has 2 atom stereocenters. The summed E-state index contributed by atoms with van der Waals surface area (Å²) in [6.45, 7) is 5.26. The first-order valence-electron chi connectivity index (χ1n) is 6.58. The summed E-state index contributed by atoms with van der Waals surface area (Å²) in [5, 5.41) is 9.52. The highest BCUT2D eigenvalue weighted by Gasteiger charge is 2.28. The Morgan fingerprint density at radius 1 is 1.50 bits per heavy atom. The highest BCUT2D eigenvalue weighted by atomic mass is 32.2. The summed E-state index contributed by atoms with van der Waals surface area (Å²) < 4.78 is 5.76. The minimum Gasteiger partial charge on any atom is -0.478 e. The Hall–Kier alpha value is -1.69. The van der Waals surface area contributed by atoms with E-state index < -0.39 is 5.97 Å². The van der Waals surface area contributed by atoms with E-state index in [1.807, 2.05) is 11.8 Å². The molecule has 1 N–H and O–H groups in total. The molecule has 6 heteroatoms. The molecule has 1 aliphatic heterocycles. The van der Waals surface area contributed by atoms with Gasteiger partial charge in [-0.25, -0.2) is 4.79 Å². The van der Waals surface area contributed by atoms with Crippen LogP contribution in [-0.4, -0.2) is 39.6 Å². The Balaban J connectivity index is 1.98. The maximum Gasteiger partial charge on any atom is 0.335 e. The number of hydrogen-bond acceptors (Lipinski definition) is 5. The van der Waals surface area contributed by atoms with Crippen LogP contribution in [0.15, 0.2) is 22.6 Å². The van der Waals surface area contributed by atoms with Gasteiger partial charge in [0.25, 0.3) is 6.01 Å². The van der Waals surface area contributed by atoms with E-state index in [-0.39, 0.29) is 5.56 Å². The normalized spacial score (nSPS) is 23.2. The van der Waals surface area contributed by atoms with Crippen molar-refractivity contribution < 1.29 is 14.3 Å². The number of nitrogens with zero attached hydrogens (tertiary/aromatic N) is 2. The fraction of sp³-hybridized carbons (Fsp3) is 0.429. The molecule has 1 aliphatic rings. The van der Waals surface area contributed by atoms with Crippen molar-refractivity contribution in [2.24, 2.45) is 0 Å². The number of carboxylic acids is 1. The second-order valence-electron chi connectivity index (χ2n) is 4.99. The maximum absolute atomic E-state index is 11.0. The van der Waals surface area contributed by atoms with E-state index in [4.69, 9.17) is 9.52 Å². The number of carboxylic acid groups (broad SMARTS) is 1. The van der Waals surface area contributed by atoms with E-state index in [0.29, 0.717) is 28.4 Å². The largest absolute Gasteiger partial charge is 0.478 e. The second kappa shape index (κ2) is 5.01. The van der Waals surface area contributed by atoms with Crippen molar-refractivity contribution in [3.63, 3.8) is 0 Å². The third-order valence-corrected chi connectivity index (χ3v) is 5.09. The van der Waals surface area contributed by atoms with Crippen LogP contribution >= 0.6 is 11.8 Å². The Kier molecular flexibility index (Phi) is 3.33. The highest BCUT2D eigenvalue weighted by molar-refractivity contribution is 8.00. The van der Waals surface area contributed by atoms with Crippen molar-refractivity contribution in [3.05, 3.63) is 23.8 Å². The number of fused-ring (bicyclic) bond motifs is 1. The molecule has 1 fully saturated rings. The third-order valence-electron chi connectivity index (χ3n) is 3.75. The van der Waals surface area contributed by atoms with Crippen molar-refractivity contribution in [2.45, 2.75) is 25.1 Å². The molecular formula is C14H16N2O3S. The summed E-state index contributed by atoms with van der Waals surface area (Å²) in [4.78, 5) is 17.6. The minimum atomic E-state index is -0.957. The lowest BCUT2D eigenvalue weighted by Gasteiger charge is -2.36. The lowest BCUT2D eigenvalue weighted by molar-refractivity contribution is 0.0697. The number of aromatic carboxylic acids is 1. The standard InChI is InChI=1S/C14H16N2O3S/c1-8-9(2)20-6-5-16(8)14-15-11-4-3-10(13(17)18)7-12(11)19-14/h3-4,7-9H,5-6H2,1-2H3,(H,17,18). The summed E-state index contributed by atoms with van der Waals surface area (Å²) in [5.74, 6) is 0.0890. The van der Waals surface area contributed by atoms with Crippen molar-refractivity contribution in [1.29, 1.82) is 0 Å². The van der Waals surface area contributed by atoms with Gasteiger partial charge in [-0.3, -0.25) is 0 Å². The Morgan fingerprint density at radius 2 is 2.30 bits per heavy atom. The Bertz CT molecular complexity index is 655. The molecular weight excluding hydrogens is 276 g/mol. The number of aromatic nitrogens is 1. The lowest BCUT2D eigenvalue weighted by Crippen LogP contribution is -2.44. The molecule has 1 aromatic carbocycles. The number of rotatable bonds is 2. The zero-order valence-electron chi connectivity index (χ0n) is 11.4. The quantitative estimate of drug-likeness (QED) is 0.918. The van der Waals surface area contributed by atoms with E-state index in [9.17, 15) is 4.79 Å². The predicted octanol–water partition coefficient (Wildman–Crippen LogP) is 2.86. The van der Waals surface area contributed by atoms with Gasteiger partial charge in [0.15, 0.2) is 5.58 Å². The van der Waals surface area contributed by atoms with Crippen molar-refractivity contribution in [1.82, 2.24) is 4.98 Å². The predicted molar refractivity (Wildman–Crippen MR) is 79.7 cm³/mol. The van der Waals surface area contributed by atoms with Gasteiger partial charge in [0.2, 0.25) is 0 Å². The number of anilines is 1. The minimum absolute atomic E-state index is 0.218. The van der Waals surface area contributed by atoms with Crippen LogP contribution in [0.4, 0.5) is 6.01 Å². The van der Waals surface area contributed by atoms with Crippen LogP contribution in [-0.2, 0) is 0 Å². The van der Waals surface area contributed by atoms with Gasteiger partial charge >= 0.3 is 5.97 Å². The first-order chi connectivity index (χ1) is 9.56. The van der Waals surface area contributed by atoms with Crippen molar-refractivity contribution in [3.8, 4) is 0 Å². The molecule has 2 aromatic rings. The summed E-state index contributed by atoms with van der Waals surface area (Å²) >= 11 is 1.95. The van der Waals surface area contributed by atoms with E-state index in [1.54, 1.807) is 12.1 Å². The molecule has 0 amide bonds. The SMILES string of the molecule is CC1SCCN(c2nc3ccc(C(=O)O)cc3o2)C1C. The number of thioether (sulfide) groups is 1. The van der Waals surface area contributed by atoms with Gasteiger partial charge in [-0.2, -0.15) is 16.7 Å². The van der Waals surface area contributed by atoms with Crippen LogP contribution in [0.5, 0.6) is 0 Å². The first kappa shape index (κ1) is 13.3. The summed E-state index contributed by atoms with van der Waals surface area (Å²) in [7, 11) is 0. The molecule has 5 nitrogen and oxygen atoms in total. The fourth-order valence-electron chi connectivity index (χ4n) is 2.37. The third kappa shape index (κ3) is 2.24. The van der Waals surface area contributed by atoms with Crippen LogP contribution in [0.2, 0.25) is 0 Å². The number of carbonyl (C=O) groups is 1. The van der Waals surface area contributed by atoms with Crippen LogP contribution in [0.3, 0.4) is 0 Å². The highest BCUT2D eigenvalue weighted by Crippen LogP contribution is 2.30.